The molecule has 4 N–H and O–H groups in total. The maximum Gasteiger partial charge on any atom is 0.226 e. The van der Waals surface area contributed by atoms with Crippen LogP contribution in [-0.2, 0) is 6.61 Å². The summed E-state index contributed by atoms with van der Waals surface area (Å²) >= 11 is 0. The number of rotatable bonds is 1. The molecule has 6 nitrogen and oxygen atoms in total. The zero-order valence-corrected chi connectivity index (χ0v) is 9.28. The Morgan fingerprint density at radius 3 is 2.06 bits per heavy atom. The summed E-state index contributed by atoms with van der Waals surface area (Å²) in [5, 5.41) is 34.4. The first-order valence-electron chi connectivity index (χ1n) is 4.92. The van der Waals surface area contributed by atoms with Gasteiger partial charge in [-0.25, -0.2) is 0 Å². The van der Waals surface area contributed by atoms with Gasteiger partial charge in [-0.2, -0.15) is 0 Å². The molecular formula is C12H12O6. The van der Waals surface area contributed by atoms with E-state index in [9.17, 15) is 4.79 Å². The Kier molecular flexibility index (Phi) is 4.77. The molecule has 0 aliphatic heterocycles. The van der Waals surface area contributed by atoms with E-state index in [0.717, 1.165) is 12.3 Å². The van der Waals surface area contributed by atoms with Gasteiger partial charge in [-0.1, -0.05) is 6.07 Å². The lowest BCUT2D eigenvalue weighted by atomic mass is 10.3. The highest BCUT2D eigenvalue weighted by molar-refractivity contribution is 5.30. The van der Waals surface area contributed by atoms with Crippen LogP contribution < -0.4 is 5.43 Å². The summed E-state index contributed by atoms with van der Waals surface area (Å²) in [5.74, 6) is -0.130. The largest absolute Gasteiger partial charge is 0.508 e. The van der Waals surface area contributed by atoms with Crippen LogP contribution in [0.5, 0.6) is 17.2 Å². The van der Waals surface area contributed by atoms with Crippen molar-refractivity contribution in [3.05, 3.63) is 52.6 Å². The van der Waals surface area contributed by atoms with Gasteiger partial charge >= 0.3 is 0 Å². The minimum atomic E-state index is -0.546. The number of benzene rings is 1. The predicted octanol–water partition coefficient (Wildman–Crippen LogP) is 0.935. The van der Waals surface area contributed by atoms with Crippen molar-refractivity contribution in [2.45, 2.75) is 6.61 Å². The summed E-state index contributed by atoms with van der Waals surface area (Å²) < 4.78 is 4.59. The molecule has 96 valence electrons. The first-order chi connectivity index (χ1) is 8.52. The second-order valence-electron chi connectivity index (χ2n) is 3.27. The lowest BCUT2D eigenvalue weighted by molar-refractivity contribution is 0.241. The molecule has 0 radical (unpaired) electrons. The van der Waals surface area contributed by atoms with Gasteiger partial charge in [-0.3, -0.25) is 4.79 Å². The number of aliphatic hydroxyl groups excluding tert-OH is 1. The van der Waals surface area contributed by atoms with Crippen molar-refractivity contribution in [3.63, 3.8) is 0 Å². The summed E-state index contributed by atoms with van der Waals surface area (Å²) in [4.78, 5) is 10.6. The van der Waals surface area contributed by atoms with Gasteiger partial charge in [0, 0.05) is 12.1 Å². The highest BCUT2D eigenvalue weighted by Gasteiger charge is 1.98. The van der Waals surface area contributed by atoms with Gasteiger partial charge in [0.2, 0.25) is 5.43 Å². The van der Waals surface area contributed by atoms with E-state index in [0.29, 0.717) is 0 Å². The molecule has 0 atom stereocenters. The van der Waals surface area contributed by atoms with Crippen molar-refractivity contribution in [1.29, 1.82) is 0 Å². The van der Waals surface area contributed by atoms with Crippen LogP contribution >= 0.6 is 0 Å². The fourth-order valence-corrected chi connectivity index (χ4v) is 1.02. The average molecular weight is 252 g/mol. The number of hydrogen-bond donors (Lipinski definition) is 4. The van der Waals surface area contributed by atoms with Crippen molar-refractivity contribution >= 4 is 0 Å². The summed E-state index contributed by atoms with van der Waals surface area (Å²) in [5.41, 5.74) is -0.546. The number of aromatic hydroxyl groups is 3. The van der Waals surface area contributed by atoms with Crippen molar-refractivity contribution in [1.82, 2.24) is 0 Å². The molecule has 1 heterocycles. The first kappa shape index (κ1) is 13.6. The molecule has 0 aliphatic carbocycles. The Hall–Kier alpha value is -2.47. The smallest absolute Gasteiger partial charge is 0.226 e. The second-order valence-corrected chi connectivity index (χ2v) is 3.27. The van der Waals surface area contributed by atoms with E-state index in [1.807, 2.05) is 0 Å². The topological polar surface area (TPSA) is 111 Å². The zero-order valence-electron chi connectivity index (χ0n) is 9.28. The maximum atomic E-state index is 10.6. The first-order valence-corrected chi connectivity index (χ1v) is 4.92. The molecule has 1 aromatic carbocycles. The van der Waals surface area contributed by atoms with Gasteiger partial charge in [-0.15, -0.1) is 0 Å². The molecule has 2 aromatic rings. The van der Waals surface area contributed by atoms with E-state index in [4.69, 9.17) is 20.4 Å². The number of phenols is 2. The van der Waals surface area contributed by atoms with Crippen LogP contribution in [0.2, 0.25) is 0 Å². The summed E-state index contributed by atoms with van der Waals surface area (Å²) in [6.45, 7) is -0.338. The highest BCUT2D eigenvalue weighted by Crippen LogP contribution is 2.14. The summed E-state index contributed by atoms with van der Waals surface area (Å²) in [7, 11) is 0. The molecule has 0 aliphatic rings. The molecule has 1 aromatic heterocycles. The molecule has 0 saturated carbocycles. The minimum absolute atomic E-state index is 0.0880. The Morgan fingerprint density at radius 2 is 1.67 bits per heavy atom. The molecular weight excluding hydrogens is 240 g/mol. The fourth-order valence-electron chi connectivity index (χ4n) is 1.02. The lowest BCUT2D eigenvalue weighted by Gasteiger charge is -1.92. The number of phenolic OH excluding ortho intramolecular Hbond substituents is 2. The van der Waals surface area contributed by atoms with E-state index >= 15 is 0 Å². The Bertz CT molecular complexity index is 543. The SMILES string of the molecule is O=c1cc(CO)occ1O.Oc1cccc(O)c1. The van der Waals surface area contributed by atoms with Gasteiger partial charge in [-0.05, 0) is 12.1 Å². The summed E-state index contributed by atoms with van der Waals surface area (Å²) in [6.07, 6.45) is 0.897. The van der Waals surface area contributed by atoms with Crippen molar-refractivity contribution in [3.8, 4) is 17.2 Å². The zero-order chi connectivity index (χ0) is 13.5. The van der Waals surface area contributed by atoms with Gasteiger partial charge in [0.15, 0.2) is 5.75 Å². The Balaban J connectivity index is 0.000000184. The van der Waals surface area contributed by atoms with E-state index < -0.39 is 11.2 Å². The summed E-state index contributed by atoms with van der Waals surface area (Å²) in [6, 6.07) is 6.89. The van der Waals surface area contributed by atoms with E-state index in [-0.39, 0.29) is 23.9 Å². The third kappa shape index (κ3) is 4.18. The van der Waals surface area contributed by atoms with E-state index in [1.165, 1.54) is 18.2 Å². The van der Waals surface area contributed by atoms with Crippen LogP contribution in [0.4, 0.5) is 0 Å². The Labute approximate surface area is 102 Å². The standard InChI is InChI=1S/C6H6O4.C6H6O2/c7-2-4-1-5(8)6(9)3-10-4;7-5-2-1-3-6(8)4-5/h1,3,7,9H,2H2;1-4,7-8H. The molecule has 18 heavy (non-hydrogen) atoms. The molecule has 0 amide bonds. The maximum absolute atomic E-state index is 10.6. The molecule has 6 heteroatoms. The van der Waals surface area contributed by atoms with Crippen LogP contribution in [0, 0.1) is 0 Å². The fraction of sp³-hybridized carbons (Fsp3) is 0.0833. The van der Waals surface area contributed by atoms with Crippen molar-refractivity contribution in [2.24, 2.45) is 0 Å². The molecule has 0 unspecified atom stereocenters. The average Bonchev–Trinajstić information content (AvgIpc) is 2.33. The van der Waals surface area contributed by atoms with Crippen LogP contribution in [0.3, 0.4) is 0 Å². The van der Waals surface area contributed by atoms with Gasteiger partial charge in [0.1, 0.15) is 30.1 Å². The van der Waals surface area contributed by atoms with E-state index in [2.05, 4.69) is 4.42 Å². The molecule has 2 rings (SSSR count). The van der Waals surface area contributed by atoms with E-state index in [1.54, 1.807) is 6.07 Å². The third-order valence-corrected chi connectivity index (χ3v) is 1.85. The molecule has 0 saturated heterocycles. The van der Waals surface area contributed by atoms with Crippen LogP contribution in [0.15, 0.2) is 45.8 Å². The van der Waals surface area contributed by atoms with Crippen LogP contribution in [-0.4, -0.2) is 20.4 Å². The number of hydrogen-bond acceptors (Lipinski definition) is 6. The quantitative estimate of drug-likeness (QED) is 0.601. The van der Waals surface area contributed by atoms with Crippen LogP contribution in [0.25, 0.3) is 0 Å². The molecule has 0 spiro atoms. The lowest BCUT2D eigenvalue weighted by Crippen LogP contribution is -1.99. The van der Waals surface area contributed by atoms with Gasteiger partial charge < -0.3 is 24.8 Å². The minimum Gasteiger partial charge on any atom is -0.508 e. The van der Waals surface area contributed by atoms with Gasteiger partial charge in [0.05, 0.1) is 0 Å². The Morgan fingerprint density at radius 1 is 1.06 bits per heavy atom. The highest BCUT2D eigenvalue weighted by atomic mass is 16.4. The van der Waals surface area contributed by atoms with Crippen molar-refractivity contribution in [2.75, 3.05) is 0 Å². The molecule has 0 bridgehead atoms. The molecule has 0 fully saturated rings. The number of aliphatic hydroxyl groups is 1. The normalized spacial score (nSPS) is 9.39. The predicted molar refractivity (Wildman–Crippen MR) is 62.3 cm³/mol. The monoisotopic (exact) mass is 252 g/mol. The van der Waals surface area contributed by atoms with Crippen molar-refractivity contribution < 1.29 is 24.8 Å². The van der Waals surface area contributed by atoms with Crippen LogP contribution in [0.1, 0.15) is 5.76 Å². The second kappa shape index (κ2) is 6.31. The van der Waals surface area contributed by atoms with Gasteiger partial charge in [0.25, 0.3) is 0 Å². The third-order valence-electron chi connectivity index (χ3n) is 1.85.